The van der Waals surface area contributed by atoms with Crippen LogP contribution < -0.4 is 9.47 Å². The number of halogens is 2. The van der Waals surface area contributed by atoms with Crippen LogP contribution in [0.2, 0.25) is 0 Å². The van der Waals surface area contributed by atoms with Gasteiger partial charge in [0.15, 0.2) is 17.6 Å². The Kier molecular flexibility index (Phi) is 8.07. The molecular weight excluding hydrogens is 559 g/mol. The first-order valence-corrected chi connectivity index (χ1v) is 12.4. The van der Waals surface area contributed by atoms with Crippen molar-refractivity contribution in [2.45, 2.75) is 45.5 Å². The van der Waals surface area contributed by atoms with Crippen LogP contribution in [0.25, 0.3) is 0 Å². The minimum Gasteiger partial charge on any atom is -0.484 e. The smallest absolute Gasteiger partial charge is 0.270 e. The maximum absolute atomic E-state index is 12.1. The van der Waals surface area contributed by atoms with E-state index in [1.807, 2.05) is 20.8 Å². The monoisotopic (exact) mass is 582 g/mol. The first kappa shape index (κ1) is 22.7. The molecule has 26 heavy (non-hydrogen) atoms. The zero-order chi connectivity index (χ0) is 19.5. The van der Waals surface area contributed by atoms with Gasteiger partial charge in [0.1, 0.15) is 13.3 Å². The Balaban J connectivity index is 1.73. The molecule has 2 atom stereocenters. The number of ether oxygens (including phenoxy) is 3. The second-order valence-corrected chi connectivity index (χ2v) is 13.5. The van der Waals surface area contributed by atoms with Gasteiger partial charge in [-0.25, -0.2) is 0 Å². The van der Waals surface area contributed by atoms with Crippen molar-refractivity contribution < 1.29 is 26.8 Å². The Morgan fingerprint density at radius 1 is 1.38 bits per heavy atom. The summed E-state index contributed by atoms with van der Waals surface area (Å²) < 4.78 is 48.6. The molecule has 1 aliphatic heterocycles. The van der Waals surface area contributed by atoms with E-state index in [-0.39, 0.29) is 18.1 Å². The van der Waals surface area contributed by atoms with Crippen LogP contribution in [-0.2, 0) is 19.0 Å². The molecule has 2 heterocycles. The Labute approximate surface area is 181 Å². The standard InChI is InChI=1S/C16H24BrIO6S2/c1-10(26(19,20)23-9-16(2,3)4)5-6-21-7-11-8-22-12-13(24-11)15(18)25-14(12)17/h10-11H,5-9H2,1-4H3. The summed E-state index contributed by atoms with van der Waals surface area (Å²) in [5.41, 5.74) is -0.200. The van der Waals surface area contributed by atoms with Gasteiger partial charge < -0.3 is 14.2 Å². The van der Waals surface area contributed by atoms with Crippen molar-refractivity contribution in [3.8, 4) is 11.5 Å². The number of hydrogen-bond donors (Lipinski definition) is 0. The van der Waals surface area contributed by atoms with E-state index >= 15 is 0 Å². The van der Waals surface area contributed by atoms with Crippen LogP contribution in [-0.4, -0.2) is 46.2 Å². The quantitative estimate of drug-likeness (QED) is 0.256. The molecule has 1 aromatic heterocycles. The van der Waals surface area contributed by atoms with E-state index in [2.05, 4.69) is 38.5 Å². The fraction of sp³-hybridized carbons (Fsp3) is 0.750. The van der Waals surface area contributed by atoms with Crippen molar-refractivity contribution in [1.82, 2.24) is 0 Å². The predicted molar refractivity (Wildman–Crippen MR) is 114 cm³/mol. The van der Waals surface area contributed by atoms with E-state index in [9.17, 15) is 8.42 Å². The van der Waals surface area contributed by atoms with Crippen LogP contribution in [0.15, 0.2) is 3.79 Å². The lowest BCUT2D eigenvalue weighted by Gasteiger charge is -2.25. The highest BCUT2D eigenvalue weighted by atomic mass is 127. The van der Waals surface area contributed by atoms with Crippen molar-refractivity contribution in [3.05, 3.63) is 6.67 Å². The van der Waals surface area contributed by atoms with Gasteiger partial charge in [-0.15, -0.1) is 11.3 Å². The van der Waals surface area contributed by atoms with Gasteiger partial charge in [0.05, 0.1) is 18.5 Å². The van der Waals surface area contributed by atoms with E-state index in [0.29, 0.717) is 26.2 Å². The first-order chi connectivity index (χ1) is 12.0. The zero-order valence-corrected chi connectivity index (χ0v) is 20.6. The summed E-state index contributed by atoms with van der Waals surface area (Å²) in [5, 5.41) is -0.617. The Bertz CT molecular complexity index is 713. The lowest BCUT2D eigenvalue weighted by atomic mass is 9.99. The van der Waals surface area contributed by atoms with Crippen LogP contribution in [0.4, 0.5) is 0 Å². The van der Waals surface area contributed by atoms with Gasteiger partial charge in [-0.1, -0.05) is 20.8 Å². The fourth-order valence-corrected chi connectivity index (χ4v) is 6.51. The first-order valence-electron chi connectivity index (χ1n) is 8.23. The molecule has 10 heteroatoms. The second kappa shape index (κ2) is 9.25. The second-order valence-electron chi connectivity index (χ2n) is 7.35. The zero-order valence-electron chi connectivity index (χ0n) is 15.2. The summed E-state index contributed by atoms with van der Waals surface area (Å²) >= 11 is 7.23. The highest BCUT2D eigenvalue weighted by molar-refractivity contribution is 14.1. The molecule has 0 aliphatic carbocycles. The van der Waals surface area contributed by atoms with Crippen molar-refractivity contribution >= 4 is 60.0 Å². The van der Waals surface area contributed by atoms with Crippen LogP contribution in [0, 0.1) is 8.30 Å². The molecule has 2 unspecified atom stereocenters. The van der Waals surface area contributed by atoms with Gasteiger partial charge in [0, 0.05) is 6.61 Å². The van der Waals surface area contributed by atoms with Crippen LogP contribution >= 0.6 is 49.9 Å². The maximum Gasteiger partial charge on any atom is 0.270 e. The van der Waals surface area contributed by atoms with E-state index in [1.165, 1.54) is 0 Å². The predicted octanol–water partition coefficient (Wildman–Crippen LogP) is 4.44. The van der Waals surface area contributed by atoms with E-state index in [0.717, 1.165) is 18.2 Å². The SMILES string of the molecule is CC(CCOCC1COc2c(Br)sc(I)c2O1)S(=O)(=O)OCC(C)(C)C. The van der Waals surface area contributed by atoms with Gasteiger partial charge in [-0.05, 0) is 57.3 Å². The van der Waals surface area contributed by atoms with Gasteiger partial charge in [-0.3, -0.25) is 4.18 Å². The van der Waals surface area contributed by atoms with Crippen molar-refractivity contribution in [2.24, 2.45) is 5.41 Å². The molecule has 1 aromatic rings. The third-order valence-corrected chi connectivity index (χ3v) is 7.96. The minimum absolute atomic E-state index is 0.172. The topological polar surface area (TPSA) is 71.1 Å². The highest BCUT2D eigenvalue weighted by Crippen LogP contribution is 2.48. The summed E-state index contributed by atoms with van der Waals surface area (Å²) in [6.07, 6.45) is 0.161. The summed E-state index contributed by atoms with van der Waals surface area (Å²) in [7, 11) is -3.58. The summed E-state index contributed by atoms with van der Waals surface area (Å²) in [6.45, 7) is 8.67. The average molecular weight is 583 g/mol. The summed E-state index contributed by atoms with van der Waals surface area (Å²) in [4.78, 5) is 0. The van der Waals surface area contributed by atoms with Crippen molar-refractivity contribution in [3.63, 3.8) is 0 Å². The molecule has 150 valence electrons. The van der Waals surface area contributed by atoms with Crippen molar-refractivity contribution in [1.29, 1.82) is 0 Å². The van der Waals surface area contributed by atoms with Gasteiger partial charge in [0.25, 0.3) is 10.1 Å². The maximum atomic E-state index is 12.1. The molecule has 0 saturated heterocycles. The Hall–Kier alpha value is 0.380. The Morgan fingerprint density at radius 2 is 2.08 bits per heavy atom. The molecule has 0 fully saturated rings. The van der Waals surface area contributed by atoms with Gasteiger partial charge >= 0.3 is 0 Å². The molecule has 6 nitrogen and oxygen atoms in total. The lowest BCUT2D eigenvalue weighted by molar-refractivity contribution is 0.00796. The average Bonchev–Trinajstić information content (AvgIpc) is 2.83. The molecular formula is C16H24BrIO6S2. The van der Waals surface area contributed by atoms with Crippen molar-refractivity contribution in [2.75, 3.05) is 26.4 Å². The van der Waals surface area contributed by atoms with Crippen LogP contribution in [0.5, 0.6) is 11.5 Å². The number of thiophene rings is 1. The molecule has 0 bridgehead atoms. The molecule has 0 radical (unpaired) electrons. The van der Waals surface area contributed by atoms with E-state index in [1.54, 1.807) is 18.3 Å². The summed E-state index contributed by atoms with van der Waals surface area (Å²) in [6, 6.07) is 0. The Morgan fingerprint density at radius 3 is 2.73 bits per heavy atom. The normalized spacial score (nSPS) is 18.8. The third-order valence-electron chi connectivity index (χ3n) is 3.56. The van der Waals surface area contributed by atoms with Gasteiger partial charge in [0.2, 0.25) is 0 Å². The largest absolute Gasteiger partial charge is 0.484 e. The minimum atomic E-state index is -3.58. The van der Waals surface area contributed by atoms with Crippen LogP contribution in [0.1, 0.15) is 34.1 Å². The number of hydrogen-bond acceptors (Lipinski definition) is 7. The molecule has 0 aromatic carbocycles. The number of fused-ring (bicyclic) bond motifs is 1. The molecule has 0 amide bonds. The molecule has 0 N–H and O–H groups in total. The third kappa shape index (κ3) is 6.47. The van der Waals surface area contributed by atoms with E-state index < -0.39 is 15.4 Å². The molecule has 2 rings (SSSR count). The highest BCUT2D eigenvalue weighted by Gasteiger charge is 2.28. The fourth-order valence-electron chi connectivity index (χ4n) is 2.01. The molecule has 0 spiro atoms. The molecule has 0 saturated carbocycles. The van der Waals surface area contributed by atoms with Crippen LogP contribution in [0.3, 0.4) is 0 Å². The van der Waals surface area contributed by atoms with Gasteiger partial charge in [-0.2, -0.15) is 8.42 Å². The van der Waals surface area contributed by atoms with E-state index in [4.69, 9.17) is 18.4 Å². The molecule has 1 aliphatic rings. The number of rotatable bonds is 8. The summed E-state index contributed by atoms with van der Waals surface area (Å²) in [5.74, 6) is 1.49. The lowest BCUT2D eigenvalue weighted by Crippen LogP contribution is -2.34.